The Morgan fingerprint density at radius 2 is 1.85 bits per heavy atom. The summed E-state index contributed by atoms with van der Waals surface area (Å²) in [7, 11) is 0. The lowest BCUT2D eigenvalue weighted by atomic mass is 10.1. The Labute approximate surface area is 162 Å². The summed E-state index contributed by atoms with van der Waals surface area (Å²) in [5, 5.41) is 0. The zero-order chi connectivity index (χ0) is 19.6. The SMILES string of the molecule is CCCOc1ccc(CN(CCC)C(=O)c2cccc(C)n2)cc1OCC. The summed E-state index contributed by atoms with van der Waals surface area (Å²) >= 11 is 0. The molecule has 0 bridgehead atoms. The summed E-state index contributed by atoms with van der Waals surface area (Å²) in [6.07, 6.45) is 1.82. The molecule has 0 saturated heterocycles. The number of amides is 1. The number of pyridine rings is 1. The van der Waals surface area contributed by atoms with E-state index in [1.165, 1.54) is 0 Å². The molecule has 0 radical (unpaired) electrons. The van der Waals surface area contributed by atoms with Crippen LogP contribution in [0.1, 0.15) is 55.4 Å². The van der Waals surface area contributed by atoms with Crippen LogP contribution in [0.3, 0.4) is 0 Å². The van der Waals surface area contributed by atoms with E-state index in [4.69, 9.17) is 9.47 Å². The predicted molar refractivity (Wildman–Crippen MR) is 107 cm³/mol. The molecule has 0 N–H and O–H groups in total. The number of ether oxygens (including phenoxy) is 2. The van der Waals surface area contributed by atoms with Crippen molar-refractivity contribution < 1.29 is 14.3 Å². The van der Waals surface area contributed by atoms with E-state index in [2.05, 4.69) is 18.8 Å². The molecule has 1 aromatic heterocycles. The van der Waals surface area contributed by atoms with E-state index in [0.717, 1.165) is 35.6 Å². The lowest BCUT2D eigenvalue weighted by Gasteiger charge is -2.23. The highest BCUT2D eigenvalue weighted by Gasteiger charge is 2.18. The Balaban J connectivity index is 2.21. The molecule has 0 aliphatic rings. The van der Waals surface area contributed by atoms with Crippen LogP contribution in [-0.4, -0.2) is 35.5 Å². The summed E-state index contributed by atoms with van der Waals surface area (Å²) in [4.78, 5) is 19.1. The van der Waals surface area contributed by atoms with Gasteiger partial charge in [0, 0.05) is 18.8 Å². The summed E-state index contributed by atoms with van der Waals surface area (Å²) in [5.74, 6) is 1.42. The van der Waals surface area contributed by atoms with Crippen LogP contribution in [0.15, 0.2) is 36.4 Å². The normalized spacial score (nSPS) is 10.5. The van der Waals surface area contributed by atoms with Gasteiger partial charge in [-0.25, -0.2) is 4.98 Å². The van der Waals surface area contributed by atoms with Crippen molar-refractivity contribution in [3.05, 3.63) is 53.3 Å². The monoisotopic (exact) mass is 370 g/mol. The average Bonchev–Trinajstić information content (AvgIpc) is 2.67. The molecular weight excluding hydrogens is 340 g/mol. The molecule has 2 rings (SSSR count). The second-order valence-electron chi connectivity index (χ2n) is 6.45. The molecule has 1 heterocycles. The number of hydrogen-bond acceptors (Lipinski definition) is 4. The zero-order valence-corrected chi connectivity index (χ0v) is 16.8. The third-order valence-corrected chi connectivity index (χ3v) is 4.03. The maximum Gasteiger partial charge on any atom is 0.272 e. The van der Waals surface area contributed by atoms with Gasteiger partial charge < -0.3 is 14.4 Å². The Bertz CT molecular complexity index is 746. The van der Waals surface area contributed by atoms with Gasteiger partial charge in [-0.2, -0.15) is 0 Å². The number of aryl methyl sites for hydroxylation is 1. The Morgan fingerprint density at radius 3 is 2.52 bits per heavy atom. The summed E-state index contributed by atoms with van der Waals surface area (Å²) < 4.78 is 11.5. The molecule has 1 aromatic carbocycles. The van der Waals surface area contributed by atoms with Crippen LogP contribution in [0, 0.1) is 6.92 Å². The number of aromatic nitrogens is 1. The van der Waals surface area contributed by atoms with E-state index >= 15 is 0 Å². The number of nitrogens with zero attached hydrogens (tertiary/aromatic N) is 2. The third kappa shape index (κ3) is 5.98. The summed E-state index contributed by atoms with van der Waals surface area (Å²) in [6, 6.07) is 11.4. The van der Waals surface area contributed by atoms with Gasteiger partial charge in [-0.15, -0.1) is 0 Å². The molecule has 2 aromatic rings. The fraction of sp³-hybridized carbons (Fsp3) is 0.455. The van der Waals surface area contributed by atoms with Crippen molar-refractivity contribution in [3.8, 4) is 11.5 Å². The van der Waals surface area contributed by atoms with Gasteiger partial charge in [0.05, 0.1) is 13.2 Å². The third-order valence-electron chi connectivity index (χ3n) is 4.03. The first kappa shape index (κ1) is 20.7. The van der Waals surface area contributed by atoms with Gasteiger partial charge in [0.15, 0.2) is 11.5 Å². The van der Waals surface area contributed by atoms with E-state index in [0.29, 0.717) is 32.0 Å². The maximum atomic E-state index is 12.9. The molecule has 146 valence electrons. The largest absolute Gasteiger partial charge is 0.490 e. The van der Waals surface area contributed by atoms with E-state index in [1.807, 2.05) is 49.1 Å². The van der Waals surface area contributed by atoms with Crippen molar-refractivity contribution in [3.63, 3.8) is 0 Å². The van der Waals surface area contributed by atoms with Crippen molar-refractivity contribution in [2.45, 2.75) is 47.1 Å². The molecule has 5 heteroatoms. The average molecular weight is 370 g/mol. The number of benzene rings is 1. The lowest BCUT2D eigenvalue weighted by Crippen LogP contribution is -2.32. The van der Waals surface area contributed by atoms with Gasteiger partial charge in [-0.05, 0) is 56.5 Å². The van der Waals surface area contributed by atoms with Crippen molar-refractivity contribution in [2.24, 2.45) is 0 Å². The fourth-order valence-corrected chi connectivity index (χ4v) is 2.82. The van der Waals surface area contributed by atoms with Gasteiger partial charge >= 0.3 is 0 Å². The van der Waals surface area contributed by atoms with Crippen LogP contribution in [0.5, 0.6) is 11.5 Å². The first-order chi connectivity index (χ1) is 13.1. The molecule has 5 nitrogen and oxygen atoms in total. The van der Waals surface area contributed by atoms with E-state index in [1.54, 1.807) is 6.07 Å². The van der Waals surface area contributed by atoms with Crippen LogP contribution in [0.4, 0.5) is 0 Å². The minimum absolute atomic E-state index is 0.0511. The second kappa shape index (κ2) is 10.6. The molecule has 0 atom stereocenters. The smallest absolute Gasteiger partial charge is 0.272 e. The van der Waals surface area contributed by atoms with E-state index < -0.39 is 0 Å². The standard InChI is InChI=1S/C22H30N2O3/c1-5-13-24(22(25)19-10-8-9-17(4)23-19)16-18-11-12-20(27-14-6-2)21(15-18)26-7-3/h8-12,15H,5-7,13-14,16H2,1-4H3. The lowest BCUT2D eigenvalue weighted by molar-refractivity contribution is 0.0737. The first-order valence-corrected chi connectivity index (χ1v) is 9.70. The minimum atomic E-state index is -0.0511. The fourth-order valence-electron chi connectivity index (χ4n) is 2.82. The maximum absolute atomic E-state index is 12.9. The summed E-state index contributed by atoms with van der Waals surface area (Å²) in [5.41, 5.74) is 2.33. The zero-order valence-electron chi connectivity index (χ0n) is 16.8. The Morgan fingerprint density at radius 1 is 1.04 bits per heavy atom. The minimum Gasteiger partial charge on any atom is -0.490 e. The van der Waals surface area contributed by atoms with Crippen LogP contribution in [0.25, 0.3) is 0 Å². The molecule has 0 fully saturated rings. The van der Waals surface area contributed by atoms with Crippen LogP contribution >= 0.6 is 0 Å². The highest BCUT2D eigenvalue weighted by atomic mass is 16.5. The number of hydrogen-bond donors (Lipinski definition) is 0. The van der Waals surface area contributed by atoms with Gasteiger partial charge in [-0.3, -0.25) is 4.79 Å². The molecule has 0 spiro atoms. The van der Waals surface area contributed by atoms with Gasteiger partial charge in [0.2, 0.25) is 0 Å². The number of carbonyl (C=O) groups excluding carboxylic acids is 1. The molecule has 0 aliphatic carbocycles. The molecule has 0 unspecified atom stereocenters. The van der Waals surface area contributed by atoms with Gasteiger partial charge in [0.25, 0.3) is 5.91 Å². The van der Waals surface area contributed by atoms with Crippen molar-refractivity contribution in [2.75, 3.05) is 19.8 Å². The predicted octanol–water partition coefficient (Wildman–Crippen LogP) is 4.63. The van der Waals surface area contributed by atoms with Crippen LogP contribution < -0.4 is 9.47 Å². The molecule has 0 aliphatic heterocycles. The van der Waals surface area contributed by atoms with Crippen LogP contribution in [0.2, 0.25) is 0 Å². The summed E-state index contributed by atoms with van der Waals surface area (Å²) in [6.45, 7) is 10.4. The van der Waals surface area contributed by atoms with Crippen molar-refractivity contribution in [1.82, 2.24) is 9.88 Å². The van der Waals surface area contributed by atoms with Crippen molar-refractivity contribution in [1.29, 1.82) is 0 Å². The highest BCUT2D eigenvalue weighted by Crippen LogP contribution is 2.29. The molecule has 1 amide bonds. The van der Waals surface area contributed by atoms with Crippen LogP contribution in [-0.2, 0) is 6.54 Å². The number of carbonyl (C=O) groups is 1. The quantitative estimate of drug-likeness (QED) is 0.612. The molecular formula is C22H30N2O3. The molecule has 27 heavy (non-hydrogen) atoms. The first-order valence-electron chi connectivity index (χ1n) is 9.70. The second-order valence-corrected chi connectivity index (χ2v) is 6.45. The van der Waals surface area contributed by atoms with E-state index in [-0.39, 0.29) is 5.91 Å². The Hall–Kier alpha value is -2.56. The van der Waals surface area contributed by atoms with Gasteiger partial charge in [0.1, 0.15) is 5.69 Å². The molecule has 0 saturated carbocycles. The van der Waals surface area contributed by atoms with Gasteiger partial charge in [-0.1, -0.05) is 26.0 Å². The number of rotatable bonds is 10. The van der Waals surface area contributed by atoms with E-state index in [9.17, 15) is 4.79 Å². The van der Waals surface area contributed by atoms with Crippen molar-refractivity contribution >= 4 is 5.91 Å². The topological polar surface area (TPSA) is 51.7 Å². The highest BCUT2D eigenvalue weighted by molar-refractivity contribution is 5.92. The Kier molecular flexibility index (Phi) is 8.11.